The molecule has 6 heteroatoms. The second-order valence-electron chi connectivity index (χ2n) is 8.52. The van der Waals surface area contributed by atoms with E-state index in [4.69, 9.17) is 11.6 Å². The SMILES string of the molecule is Clc1ccc(C[P+](N2CCCCC2)(N2CCCCC2)N2CCCCC2)cc1.[Cl-]. The fourth-order valence-electron chi connectivity index (χ4n) is 5.26. The molecule has 0 aromatic heterocycles. The molecule has 0 radical (unpaired) electrons. The Labute approximate surface area is 183 Å². The second kappa shape index (κ2) is 10.9. The fourth-order valence-corrected chi connectivity index (χ4v) is 10.5. The van der Waals surface area contributed by atoms with Crippen LogP contribution in [-0.4, -0.2) is 53.3 Å². The van der Waals surface area contributed by atoms with Gasteiger partial charge in [-0.1, -0.05) is 43.0 Å². The van der Waals surface area contributed by atoms with E-state index in [1.807, 2.05) is 0 Å². The van der Waals surface area contributed by atoms with Crippen LogP contribution in [0.25, 0.3) is 0 Å². The quantitative estimate of drug-likeness (QED) is 0.647. The summed E-state index contributed by atoms with van der Waals surface area (Å²) in [5, 5.41) is 0.858. The monoisotopic (exact) mass is 443 g/mol. The molecule has 0 spiro atoms. The predicted molar refractivity (Wildman–Crippen MR) is 118 cm³/mol. The number of hydrogen-bond donors (Lipinski definition) is 0. The van der Waals surface area contributed by atoms with Crippen LogP contribution in [0.15, 0.2) is 24.3 Å². The molecule has 0 bridgehead atoms. The first-order valence-corrected chi connectivity index (χ1v) is 13.4. The maximum absolute atomic E-state index is 6.21. The molecule has 3 fully saturated rings. The van der Waals surface area contributed by atoms with E-state index in [0.29, 0.717) is 0 Å². The summed E-state index contributed by atoms with van der Waals surface area (Å²) in [6, 6.07) is 8.76. The van der Waals surface area contributed by atoms with Crippen LogP contribution < -0.4 is 12.4 Å². The van der Waals surface area contributed by atoms with Gasteiger partial charge in [-0.25, -0.2) is 0 Å². The van der Waals surface area contributed by atoms with Crippen molar-refractivity contribution in [1.29, 1.82) is 0 Å². The van der Waals surface area contributed by atoms with Crippen molar-refractivity contribution >= 4 is 19.3 Å². The van der Waals surface area contributed by atoms with Gasteiger partial charge in [0, 0.05) is 44.3 Å². The van der Waals surface area contributed by atoms with E-state index < -0.39 is 7.71 Å². The molecule has 158 valence electrons. The Bertz CT molecular complexity index is 534. The second-order valence-corrected chi connectivity index (χ2v) is 12.4. The highest BCUT2D eigenvalue weighted by Gasteiger charge is 2.56. The molecule has 3 nitrogen and oxygen atoms in total. The Morgan fingerprint density at radius 2 is 0.964 bits per heavy atom. The van der Waals surface area contributed by atoms with Crippen LogP contribution in [0.1, 0.15) is 63.4 Å². The fraction of sp³-hybridized carbons (Fsp3) is 0.727. The van der Waals surface area contributed by atoms with Crippen LogP contribution in [0.3, 0.4) is 0 Å². The van der Waals surface area contributed by atoms with Crippen molar-refractivity contribution in [2.75, 3.05) is 39.3 Å². The summed E-state index contributed by atoms with van der Waals surface area (Å²) < 4.78 is 8.92. The largest absolute Gasteiger partial charge is 1.00 e. The van der Waals surface area contributed by atoms with Crippen molar-refractivity contribution in [2.24, 2.45) is 0 Å². The Kier molecular flexibility index (Phi) is 8.90. The normalized spacial score (nSPS) is 23.3. The van der Waals surface area contributed by atoms with Crippen LogP contribution in [0.4, 0.5) is 0 Å². The lowest BCUT2D eigenvalue weighted by molar-refractivity contribution is -0.00000589. The third kappa shape index (κ3) is 5.05. The minimum Gasteiger partial charge on any atom is -1.00 e. The number of nitrogens with zero attached hydrogens (tertiary/aromatic N) is 3. The minimum atomic E-state index is -1.50. The zero-order valence-electron chi connectivity index (χ0n) is 17.2. The molecule has 3 aliphatic heterocycles. The Hall–Kier alpha value is 0.110. The lowest BCUT2D eigenvalue weighted by Gasteiger charge is -2.50. The molecular weight excluding hydrogens is 408 g/mol. The average Bonchev–Trinajstić information content (AvgIpc) is 2.75. The van der Waals surface area contributed by atoms with E-state index in [2.05, 4.69) is 38.3 Å². The van der Waals surface area contributed by atoms with Gasteiger partial charge in [0.1, 0.15) is 6.16 Å². The van der Waals surface area contributed by atoms with Crippen LogP contribution >= 0.6 is 19.3 Å². The highest BCUT2D eigenvalue weighted by Crippen LogP contribution is 2.71. The van der Waals surface area contributed by atoms with Gasteiger partial charge < -0.3 is 12.4 Å². The van der Waals surface area contributed by atoms with E-state index in [1.165, 1.54) is 109 Å². The van der Waals surface area contributed by atoms with E-state index >= 15 is 0 Å². The highest BCUT2D eigenvalue weighted by molar-refractivity contribution is 7.68. The Balaban J connectivity index is 0.00000225. The van der Waals surface area contributed by atoms with Gasteiger partial charge in [0.15, 0.2) is 0 Å². The van der Waals surface area contributed by atoms with Gasteiger partial charge in [0.2, 0.25) is 7.71 Å². The van der Waals surface area contributed by atoms with Crippen molar-refractivity contribution in [3.8, 4) is 0 Å². The van der Waals surface area contributed by atoms with Crippen molar-refractivity contribution in [3.05, 3.63) is 34.9 Å². The lowest BCUT2D eigenvalue weighted by atomic mass is 10.2. The zero-order chi connectivity index (χ0) is 18.5. The summed E-state index contributed by atoms with van der Waals surface area (Å²) in [6.07, 6.45) is 13.7. The van der Waals surface area contributed by atoms with Gasteiger partial charge in [0.05, 0.1) is 0 Å². The van der Waals surface area contributed by atoms with Gasteiger partial charge in [-0.05, 0) is 56.2 Å². The molecule has 0 unspecified atom stereocenters. The van der Waals surface area contributed by atoms with Crippen LogP contribution in [0.2, 0.25) is 5.02 Å². The molecule has 3 heterocycles. The highest BCUT2D eigenvalue weighted by atomic mass is 35.5. The Morgan fingerprint density at radius 1 is 0.607 bits per heavy atom. The molecule has 28 heavy (non-hydrogen) atoms. The number of rotatable bonds is 5. The summed E-state index contributed by atoms with van der Waals surface area (Å²) in [6.45, 7) is 7.80. The van der Waals surface area contributed by atoms with Crippen LogP contribution in [-0.2, 0) is 6.16 Å². The molecule has 4 rings (SSSR count). The maximum atomic E-state index is 6.21. The third-order valence-electron chi connectivity index (χ3n) is 6.66. The number of halogens is 2. The Morgan fingerprint density at radius 3 is 1.32 bits per heavy atom. The first kappa shape index (κ1) is 22.8. The van der Waals surface area contributed by atoms with Gasteiger partial charge >= 0.3 is 0 Å². The molecule has 0 amide bonds. The van der Waals surface area contributed by atoms with Crippen molar-refractivity contribution in [3.63, 3.8) is 0 Å². The summed E-state index contributed by atoms with van der Waals surface area (Å²) in [4.78, 5) is 0. The van der Waals surface area contributed by atoms with Gasteiger partial charge in [-0.15, -0.1) is 14.0 Å². The standard InChI is InChI=1S/C22H36ClN3P.ClH/c23-22-12-10-21(11-13-22)20-27(24-14-4-1-5-15-24,25-16-6-2-7-17-25)26-18-8-3-9-19-26;/h10-13H,1-9,14-20H2;1H/q+1;/p-1. The van der Waals surface area contributed by atoms with Crippen LogP contribution in [0.5, 0.6) is 0 Å². The van der Waals surface area contributed by atoms with Gasteiger partial charge in [-0.3, -0.25) is 0 Å². The van der Waals surface area contributed by atoms with E-state index in [9.17, 15) is 0 Å². The van der Waals surface area contributed by atoms with Crippen molar-refractivity contribution in [1.82, 2.24) is 14.0 Å². The van der Waals surface area contributed by atoms with Gasteiger partial charge in [0.25, 0.3) is 0 Å². The molecule has 0 aliphatic carbocycles. The van der Waals surface area contributed by atoms with Gasteiger partial charge in [-0.2, -0.15) is 0 Å². The van der Waals surface area contributed by atoms with E-state index in [1.54, 1.807) is 0 Å². The number of piperidine rings is 3. The lowest BCUT2D eigenvalue weighted by Crippen LogP contribution is -3.00. The topological polar surface area (TPSA) is 9.72 Å². The number of hydrogen-bond acceptors (Lipinski definition) is 3. The molecule has 1 aromatic carbocycles. The summed E-state index contributed by atoms with van der Waals surface area (Å²) >= 11 is 6.21. The first-order chi connectivity index (χ1) is 13.3. The molecule has 1 aromatic rings. The van der Waals surface area contributed by atoms with Crippen molar-refractivity contribution in [2.45, 2.75) is 63.9 Å². The van der Waals surface area contributed by atoms with E-state index in [0.717, 1.165) is 5.02 Å². The summed E-state index contributed by atoms with van der Waals surface area (Å²) in [7, 11) is -1.50. The minimum absolute atomic E-state index is 0. The molecular formula is C22H36Cl2N3P. The predicted octanol–water partition coefficient (Wildman–Crippen LogP) is 3.06. The number of benzene rings is 1. The van der Waals surface area contributed by atoms with Crippen molar-refractivity contribution < 1.29 is 12.4 Å². The van der Waals surface area contributed by atoms with Crippen LogP contribution in [0, 0.1) is 0 Å². The molecule has 0 atom stereocenters. The average molecular weight is 444 g/mol. The summed E-state index contributed by atoms with van der Waals surface area (Å²) in [5.74, 6) is 0. The zero-order valence-corrected chi connectivity index (χ0v) is 19.6. The molecule has 0 saturated carbocycles. The maximum Gasteiger partial charge on any atom is 0.231 e. The molecule has 3 saturated heterocycles. The molecule has 0 N–H and O–H groups in total. The summed E-state index contributed by atoms with van der Waals surface area (Å²) in [5.41, 5.74) is 1.48. The smallest absolute Gasteiger partial charge is 0.231 e. The third-order valence-corrected chi connectivity index (χ3v) is 11.6. The first-order valence-electron chi connectivity index (χ1n) is 11.2. The van der Waals surface area contributed by atoms with E-state index in [-0.39, 0.29) is 12.4 Å². The molecule has 3 aliphatic rings.